The van der Waals surface area contributed by atoms with Crippen LogP contribution in [0.25, 0.3) is 0 Å². The van der Waals surface area contributed by atoms with Crippen molar-refractivity contribution in [1.82, 2.24) is 0 Å². The van der Waals surface area contributed by atoms with Crippen LogP contribution < -0.4 is 4.74 Å². The average molecular weight is 596 g/mol. The lowest BCUT2D eigenvalue weighted by atomic mass is 9.93. The summed E-state index contributed by atoms with van der Waals surface area (Å²) in [5, 5.41) is 0. The van der Waals surface area contributed by atoms with Gasteiger partial charge in [0.25, 0.3) is 0 Å². The summed E-state index contributed by atoms with van der Waals surface area (Å²) in [5.41, 5.74) is -2.05. The highest BCUT2D eigenvalue weighted by Gasteiger charge is 2.39. The smallest absolute Gasteiger partial charge is 0.419 e. The predicted molar refractivity (Wildman–Crippen MR) is 151 cm³/mol. The summed E-state index contributed by atoms with van der Waals surface area (Å²) < 4.78 is 83.1. The first-order chi connectivity index (χ1) is 18.5. The third-order valence-electron chi connectivity index (χ3n) is 5.84. The summed E-state index contributed by atoms with van der Waals surface area (Å²) >= 11 is 0. The Morgan fingerprint density at radius 1 is 0.950 bits per heavy atom. The van der Waals surface area contributed by atoms with Gasteiger partial charge in [0.15, 0.2) is 5.90 Å². The molecule has 0 radical (unpaired) electrons. The van der Waals surface area contributed by atoms with Gasteiger partial charge in [0.2, 0.25) is 0 Å². The maximum Gasteiger partial charge on any atom is 0.419 e. The molecule has 0 saturated carbocycles. The number of nitrogens with zero attached hydrogens (tertiary/aromatic N) is 1. The second-order valence-corrected chi connectivity index (χ2v) is 13.3. The highest BCUT2D eigenvalue weighted by molar-refractivity contribution is 7.41. The Kier molecular flexibility index (Phi) is 13.1. The van der Waals surface area contributed by atoms with Gasteiger partial charge in [-0.15, -0.1) is 0 Å². The quantitative estimate of drug-likeness (QED) is 0.108. The Balaban J connectivity index is 2.09. The first-order valence-corrected chi connectivity index (χ1v) is 15.0. The number of aliphatic imine (C=N–C) groups is 1. The molecule has 0 saturated heterocycles. The number of halogens is 4. The van der Waals surface area contributed by atoms with Gasteiger partial charge in [-0.2, -0.15) is 13.2 Å². The molecule has 1 aliphatic rings. The third kappa shape index (κ3) is 13.0. The molecule has 6 nitrogen and oxygen atoms in total. The van der Waals surface area contributed by atoms with E-state index in [1.54, 1.807) is 13.0 Å². The number of alkyl halides is 4. The van der Waals surface area contributed by atoms with Crippen LogP contribution in [0.1, 0.15) is 98.1 Å². The van der Waals surface area contributed by atoms with Crippen LogP contribution in [0, 0.1) is 0 Å². The number of benzene rings is 1. The van der Waals surface area contributed by atoms with Crippen molar-refractivity contribution in [2.24, 2.45) is 4.99 Å². The molecule has 0 N–H and O–H groups in total. The standard InChI is InChI=1S/C29H46F4NO5P/c1-22-34-28(20-36-22,21-37-40(38-26(2,3)4)39-27(5,6)7)16-15-23-13-14-25(24(19-23)29(31,32)33)35-18-12-10-8-9-11-17-30/h13-14,19H,8-12,15-18,20-21H2,1-7H3. The number of unbranched alkanes of at least 4 members (excludes halogenated alkanes) is 4. The Labute approximate surface area is 238 Å². The molecule has 230 valence electrons. The van der Waals surface area contributed by atoms with Crippen LogP contribution in [-0.2, 0) is 30.9 Å². The van der Waals surface area contributed by atoms with E-state index in [1.807, 2.05) is 41.5 Å². The zero-order valence-corrected chi connectivity index (χ0v) is 25.9. The maximum atomic E-state index is 13.9. The van der Waals surface area contributed by atoms with Crippen molar-refractivity contribution in [3.63, 3.8) is 0 Å². The normalized spacial score (nSPS) is 18.2. The van der Waals surface area contributed by atoms with E-state index < -0.39 is 37.1 Å². The van der Waals surface area contributed by atoms with E-state index in [0.717, 1.165) is 25.3 Å². The first kappa shape index (κ1) is 34.7. The summed E-state index contributed by atoms with van der Waals surface area (Å²) in [4.78, 5) is 4.67. The van der Waals surface area contributed by atoms with Crippen molar-refractivity contribution in [1.29, 1.82) is 0 Å². The van der Waals surface area contributed by atoms with Gasteiger partial charge in [-0.1, -0.05) is 25.3 Å². The molecule has 0 spiro atoms. The molecule has 0 bridgehead atoms. The molecule has 0 amide bonds. The Morgan fingerprint density at radius 3 is 2.12 bits per heavy atom. The molecule has 1 aromatic rings. The minimum absolute atomic E-state index is 0.140. The summed E-state index contributed by atoms with van der Waals surface area (Å²) in [7, 11) is -1.71. The Morgan fingerprint density at radius 2 is 1.57 bits per heavy atom. The largest absolute Gasteiger partial charge is 0.493 e. The molecule has 1 aromatic carbocycles. The Hall–Kier alpha value is -1.48. The number of rotatable bonds is 16. The summed E-state index contributed by atoms with van der Waals surface area (Å²) in [6, 6.07) is 4.19. The summed E-state index contributed by atoms with van der Waals surface area (Å²) in [6.07, 6.45) is -0.280. The molecule has 40 heavy (non-hydrogen) atoms. The van der Waals surface area contributed by atoms with Crippen molar-refractivity contribution in [2.45, 2.75) is 116 Å². The fourth-order valence-corrected chi connectivity index (χ4v) is 5.35. The van der Waals surface area contributed by atoms with Crippen molar-refractivity contribution in [2.75, 3.05) is 26.5 Å². The highest BCUT2D eigenvalue weighted by atomic mass is 31.2. The SMILES string of the molecule is CC1=NC(CCc2ccc(OCCCCCCCF)c(C(F)(F)F)c2)(COP(OC(C)(C)C)OC(C)(C)C)CO1. The highest BCUT2D eigenvalue weighted by Crippen LogP contribution is 2.48. The van der Waals surface area contributed by atoms with Crippen molar-refractivity contribution in [3.8, 4) is 5.75 Å². The Bertz CT molecular complexity index is 930. The molecule has 2 rings (SSSR count). The minimum atomic E-state index is -4.55. The van der Waals surface area contributed by atoms with Crippen LogP contribution in [0.5, 0.6) is 5.75 Å². The molecule has 0 aromatic heterocycles. The van der Waals surface area contributed by atoms with Crippen molar-refractivity contribution >= 4 is 14.5 Å². The van der Waals surface area contributed by atoms with Gasteiger partial charge in [0.1, 0.15) is 17.9 Å². The lowest BCUT2D eigenvalue weighted by Crippen LogP contribution is -2.35. The molecule has 1 atom stereocenters. The van der Waals surface area contributed by atoms with E-state index in [1.165, 1.54) is 6.07 Å². The lowest BCUT2D eigenvalue weighted by Gasteiger charge is -2.32. The topological polar surface area (TPSA) is 58.5 Å². The van der Waals surface area contributed by atoms with E-state index >= 15 is 0 Å². The van der Waals surface area contributed by atoms with Crippen LogP contribution in [0.2, 0.25) is 0 Å². The molecule has 11 heteroatoms. The van der Waals surface area contributed by atoms with Gasteiger partial charge in [-0.25, -0.2) is 4.99 Å². The van der Waals surface area contributed by atoms with Gasteiger partial charge >= 0.3 is 14.8 Å². The third-order valence-corrected chi connectivity index (χ3v) is 7.58. The number of ether oxygens (including phenoxy) is 2. The van der Waals surface area contributed by atoms with Crippen LogP contribution in [0.4, 0.5) is 17.6 Å². The van der Waals surface area contributed by atoms with Gasteiger partial charge in [-0.3, -0.25) is 4.39 Å². The van der Waals surface area contributed by atoms with E-state index in [2.05, 4.69) is 4.99 Å². The zero-order chi connectivity index (χ0) is 30.0. The van der Waals surface area contributed by atoms with Crippen LogP contribution in [0.15, 0.2) is 23.2 Å². The predicted octanol–water partition coefficient (Wildman–Crippen LogP) is 9.00. The van der Waals surface area contributed by atoms with Crippen LogP contribution in [-0.4, -0.2) is 49.1 Å². The van der Waals surface area contributed by atoms with Crippen molar-refractivity contribution < 1.29 is 40.6 Å². The number of aryl methyl sites for hydroxylation is 1. The van der Waals surface area contributed by atoms with Gasteiger partial charge in [-0.05, 0) is 84.9 Å². The first-order valence-electron chi connectivity index (χ1n) is 13.9. The van der Waals surface area contributed by atoms with E-state index in [9.17, 15) is 17.6 Å². The number of hydrogen-bond acceptors (Lipinski definition) is 6. The van der Waals surface area contributed by atoms with E-state index in [4.69, 9.17) is 23.0 Å². The number of hydrogen-bond donors (Lipinski definition) is 0. The van der Waals surface area contributed by atoms with E-state index in [0.29, 0.717) is 37.1 Å². The maximum absolute atomic E-state index is 13.9. The minimum Gasteiger partial charge on any atom is -0.493 e. The van der Waals surface area contributed by atoms with Crippen LogP contribution >= 0.6 is 8.60 Å². The lowest BCUT2D eigenvalue weighted by molar-refractivity contribution is -0.139. The molecule has 1 unspecified atom stereocenters. The van der Waals surface area contributed by atoms with E-state index in [-0.39, 0.29) is 32.2 Å². The second-order valence-electron chi connectivity index (χ2n) is 12.2. The molecule has 0 fully saturated rings. The fraction of sp³-hybridized carbons (Fsp3) is 0.759. The molecular formula is C29H46F4NO5P. The summed E-state index contributed by atoms with van der Waals surface area (Å²) in [5.74, 6) is 0.325. The fourth-order valence-electron chi connectivity index (χ4n) is 3.97. The molecule has 1 heterocycles. The molecule has 1 aliphatic heterocycles. The van der Waals surface area contributed by atoms with Gasteiger partial charge in [0, 0.05) is 6.92 Å². The molecule has 0 aliphatic carbocycles. The average Bonchev–Trinajstić information content (AvgIpc) is 3.19. The van der Waals surface area contributed by atoms with Crippen LogP contribution in [0.3, 0.4) is 0 Å². The molecular weight excluding hydrogens is 549 g/mol. The second kappa shape index (κ2) is 15.1. The van der Waals surface area contributed by atoms with Crippen molar-refractivity contribution in [3.05, 3.63) is 29.3 Å². The van der Waals surface area contributed by atoms with Gasteiger partial charge < -0.3 is 23.0 Å². The zero-order valence-electron chi connectivity index (χ0n) is 25.0. The summed E-state index contributed by atoms with van der Waals surface area (Å²) in [6.45, 7) is 13.5. The monoisotopic (exact) mass is 595 g/mol. The van der Waals surface area contributed by atoms with Gasteiger partial charge in [0.05, 0.1) is 36.7 Å².